The van der Waals surface area contributed by atoms with Gasteiger partial charge in [-0.15, -0.1) is 0 Å². The normalized spacial score (nSPS) is 14.2. The van der Waals surface area contributed by atoms with Gasteiger partial charge in [0.2, 0.25) is 11.8 Å². The third kappa shape index (κ3) is 60.5. The second-order valence-corrected chi connectivity index (χ2v) is 24.7. The van der Waals surface area contributed by atoms with Gasteiger partial charge in [-0.3, -0.25) is 28.3 Å². The van der Waals surface area contributed by atoms with Crippen LogP contribution in [0.25, 0.3) is 0 Å². The van der Waals surface area contributed by atoms with E-state index in [1.807, 2.05) is 0 Å². The molecule has 0 aromatic rings. The summed E-state index contributed by atoms with van der Waals surface area (Å²) in [4.78, 5) is 88.8. The van der Waals surface area contributed by atoms with E-state index < -0.39 is 84.2 Å². The van der Waals surface area contributed by atoms with Crippen LogP contribution >= 0.6 is 15.6 Å². The molecule has 0 aromatic heterocycles. The number of aliphatic hydroxyl groups excluding tert-OH is 2. The molecule has 6 N–H and O–H groups in total. The van der Waals surface area contributed by atoms with E-state index in [2.05, 4.69) is 49.0 Å². The molecule has 4 amide bonds. The van der Waals surface area contributed by atoms with Gasteiger partial charge in [-0.2, -0.15) is 0 Å². The molecule has 0 aliphatic rings. The molecule has 0 aliphatic carbocycles. The van der Waals surface area contributed by atoms with Crippen LogP contribution in [-0.4, -0.2) is 130 Å². The minimum absolute atomic E-state index is 0. The van der Waals surface area contributed by atoms with Crippen LogP contribution in [-0.2, 0) is 55.9 Å². The molecule has 0 aliphatic heterocycles. The van der Waals surface area contributed by atoms with Gasteiger partial charge in [0.15, 0.2) is 0 Å². The topological polar surface area (TPSA) is 310 Å². The first kappa shape index (κ1) is 87.8. The van der Waals surface area contributed by atoms with Crippen molar-refractivity contribution in [2.24, 2.45) is 0 Å². The van der Waals surface area contributed by atoms with Gasteiger partial charge in [0.05, 0.1) is 76.8 Å². The number of Topliss-reactive ketones (excluding diaryl/α,β-unsaturated/α-hetero) is 2. The van der Waals surface area contributed by atoms with Crippen molar-refractivity contribution in [2.75, 3.05) is 65.9 Å². The molecule has 4 unspecified atom stereocenters. The van der Waals surface area contributed by atoms with Gasteiger partial charge in [-0.1, -0.05) is 195 Å². The Labute approximate surface area is 551 Å². The van der Waals surface area contributed by atoms with Gasteiger partial charge >= 0.3 is 65.1 Å². The molecule has 6 atom stereocenters. The van der Waals surface area contributed by atoms with Gasteiger partial charge in [0.1, 0.15) is 11.6 Å². The van der Waals surface area contributed by atoms with E-state index in [0.717, 1.165) is 103 Å². The summed E-state index contributed by atoms with van der Waals surface area (Å²) >= 11 is 0. The quantitative estimate of drug-likeness (QED) is 0.0214. The van der Waals surface area contributed by atoms with Crippen molar-refractivity contribution in [2.45, 2.75) is 283 Å². The fraction of sp³-hybridized carbons (Fsp3) is 0.915. The largest absolute Gasteiger partial charge is 1.00 e. The van der Waals surface area contributed by atoms with Crippen molar-refractivity contribution in [3.8, 4) is 0 Å². The maximum absolute atomic E-state index is 12.9. The van der Waals surface area contributed by atoms with Crippen LogP contribution in [0.2, 0.25) is 0 Å². The number of amides is 4. The Hall–Kier alpha value is -0.390. The predicted octanol–water partition coefficient (Wildman–Crippen LogP) is 4.28. The molecular formula is C59H114N4Na2O17P2. The van der Waals surface area contributed by atoms with Crippen molar-refractivity contribution in [3.63, 3.8) is 0 Å². The monoisotopic (exact) mass is 1260 g/mol. The average Bonchev–Trinajstić information content (AvgIpc) is 3.55. The van der Waals surface area contributed by atoms with E-state index in [0.29, 0.717) is 38.5 Å². The summed E-state index contributed by atoms with van der Waals surface area (Å²) in [5, 5.41) is 30.7. The summed E-state index contributed by atoms with van der Waals surface area (Å²) < 4.78 is 56.7. The second-order valence-electron chi connectivity index (χ2n) is 21.9. The molecule has 0 heterocycles. The molecule has 84 heavy (non-hydrogen) atoms. The third-order valence-corrected chi connectivity index (χ3v) is 15.7. The van der Waals surface area contributed by atoms with Crippen LogP contribution in [0.3, 0.4) is 0 Å². The molecule has 0 saturated carbocycles. The maximum Gasteiger partial charge on any atom is 1.00 e. The number of phosphoric ester groups is 2. The van der Waals surface area contributed by atoms with Crippen LogP contribution in [0, 0.1) is 0 Å². The van der Waals surface area contributed by atoms with Gasteiger partial charge in [0.25, 0.3) is 15.6 Å². The van der Waals surface area contributed by atoms with Gasteiger partial charge in [-0.05, 0) is 38.5 Å². The number of aliphatic hydroxyl groups is 2. The van der Waals surface area contributed by atoms with E-state index in [9.17, 15) is 53.1 Å². The fourth-order valence-electron chi connectivity index (χ4n) is 8.91. The molecule has 0 fully saturated rings. The summed E-state index contributed by atoms with van der Waals surface area (Å²) in [6, 6.07) is -2.76. The van der Waals surface area contributed by atoms with E-state index >= 15 is 0 Å². The van der Waals surface area contributed by atoms with Gasteiger partial charge < -0.3 is 68.8 Å². The molecule has 21 nitrogen and oxygen atoms in total. The molecule has 0 saturated heterocycles. The Morgan fingerprint density at radius 2 is 0.702 bits per heavy atom. The number of urea groups is 1. The van der Waals surface area contributed by atoms with Crippen LogP contribution in [0.15, 0.2) is 0 Å². The fourth-order valence-corrected chi connectivity index (χ4v) is 10.4. The Bertz CT molecular complexity index is 1580. The summed E-state index contributed by atoms with van der Waals surface area (Å²) in [7, 11) is -9.96. The minimum atomic E-state index is -4.98. The molecule has 0 rings (SSSR count). The van der Waals surface area contributed by atoms with Crippen molar-refractivity contribution >= 4 is 45.1 Å². The van der Waals surface area contributed by atoms with Crippen LogP contribution in [0.1, 0.15) is 259 Å². The number of hydrogen-bond donors (Lipinski definition) is 6. The third-order valence-electron chi connectivity index (χ3n) is 13.8. The molecule has 0 radical (unpaired) electrons. The number of carbonyl (C=O) groups is 5. The molecule has 0 spiro atoms. The molecular weight excluding hydrogens is 1140 g/mol. The van der Waals surface area contributed by atoms with Crippen molar-refractivity contribution in [1.82, 2.24) is 21.3 Å². The zero-order valence-corrected chi connectivity index (χ0v) is 59.0. The Morgan fingerprint density at radius 3 is 1.02 bits per heavy atom. The van der Waals surface area contributed by atoms with E-state index in [1.54, 1.807) is 0 Å². The maximum atomic E-state index is 12.9. The summed E-state index contributed by atoms with van der Waals surface area (Å²) in [5.41, 5.74) is 0. The Morgan fingerprint density at radius 1 is 0.405 bits per heavy atom. The van der Waals surface area contributed by atoms with Crippen LogP contribution in [0.4, 0.5) is 4.79 Å². The van der Waals surface area contributed by atoms with Crippen LogP contribution in [0.5, 0.6) is 0 Å². The van der Waals surface area contributed by atoms with E-state index in [1.165, 1.54) is 64.2 Å². The number of ether oxygens (including phenoxy) is 2. The smallest absolute Gasteiger partial charge is 0.756 e. The van der Waals surface area contributed by atoms with Gasteiger partial charge in [-0.25, -0.2) is 4.79 Å². The predicted molar refractivity (Wildman–Crippen MR) is 317 cm³/mol. The number of unbranched alkanes of at least 4 members (excludes halogenated alkanes) is 24. The zero-order valence-electron chi connectivity index (χ0n) is 53.2. The minimum Gasteiger partial charge on any atom is -0.756 e. The van der Waals surface area contributed by atoms with Gasteiger partial charge in [0, 0.05) is 39.1 Å². The molecule has 484 valence electrons. The average molecular weight is 1260 g/mol. The summed E-state index contributed by atoms with van der Waals surface area (Å²) in [5.74, 6) is -1.67. The number of carbonyl (C=O) groups excluding carboxylic acids is 5. The molecule has 0 bridgehead atoms. The number of phosphoric acid groups is 2. The summed E-state index contributed by atoms with van der Waals surface area (Å²) in [6.07, 6.45) is 30.7. The van der Waals surface area contributed by atoms with Crippen molar-refractivity contribution in [1.29, 1.82) is 0 Å². The van der Waals surface area contributed by atoms with Crippen molar-refractivity contribution < 1.29 is 140 Å². The number of ketones is 2. The molecule has 25 heteroatoms. The SMILES string of the molecule is CCCCCCCCCCCC(=O)CC(=O)NC(COCC[C@H](O)CCCCCCC)COP(=O)([O-])OCCNC(=O)NCCOP(=O)([O-])OCC(COCC[C@H](O)CCCCCCC)NC(=O)CC(=O)CCCCCCCCCCC.[Na+].[Na+]. The number of rotatable bonds is 62. The molecule has 0 aromatic carbocycles. The second kappa shape index (κ2) is 61.5. The standard InChI is InChI=1S/C59H116N4O17P2.2Na/c1-5-9-13-17-19-21-23-27-31-35-55(66)45-57(68)62-51(47-75-41-37-53(64)33-29-25-15-11-7-3)49-79-81(71,72)77-43-39-60-59(70)61-40-44-78-82(73,74)80-50-52(48-76-42-38-54(65)34-30-26-16-12-8-4)63-58(69)46-56(67)36-32-28-24-22-20-18-14-10-6-2;;/h51-54,64-65H,5-50H2,1-4H3,(H,62,68)(H,63,69)(H,71,72)(H,73,74)(H2,60,61,70);;/q;2*+1/p-2/t51?,52?,53-,54-;;/m1../s1. The first-order valence-electron chi connectivity index (χ1n) is 31.8. The summed E-state index contributed by atoms with van der Waals surface area (Å²) in [6.45, 7) is 5.73. The Kier molecular flexibility index (Phi) is 64.3. The van der Waals surface area contributed by atoms with Crippen molar-refractivity contribution in [3.05, 3.63) is 0 Å². The Balaban J connectivity index is -0.0000328. The van der Waals surface area contributed by atoms with E-state index in [4.69, 9.17) is 27.6 Å². The first-order valence-corrected chi connectivity index (χ1v) is 34.7. The zero-order chi connectivity index (χ0) is 60.8. The number of nitrogens with one attached hydrogen (secondary N) is 4. The van der Waals surface area contributed by atoms with Crippen LogP contribution < -0.4 is 90.2 Å². The number of hydrogen-bond acceptors (Lipinski definition) is 17. The first-order chi connectivity index (χ1) is 39.4. The van der Waals surface area contributed by atoms with E-state index in [-0.39, 0.29) is 136 Å².